The number of benzene rings is 2. The van der Waals surface area contributed by atoms with Crippen molar-refractivity contribution in [3.05, 3.63) is 65.0 Å². The molecule has 1 amide bonds. The van der Waals surface area contributed by atoms with E-state index < -0.39 is 0 Å². The van der Waals surface area contributed by atoms with Gasteiger partial charge in [-0.25, -0.2) is 4.39 Å². The summed E-state index contributed by atoms with van der Waals surface area (Å²) in [7, 11) is 0. The van der Waals surface area contributed by atoms with Gasteiger partial charge in [-0.15, -0.1) is 0 Å². The Balaban J connectivity index is 1.53. The number of anilines is 1. The van der Waals surface area contributed by atoms with Gasteiger partial charge < -0.3 is 4.90 Å². The van der Waals surface area contributed by atoms with Crippen molar-refractivity contribution in [3.63, 3.8) is 0 Å². The highest BCUT2D eigenvalue weighted by Gasteiger charge is 2.40. The van der Waals surface area contributed by atoms with E-state index in [-0.39, 0.29) is 17.3 Å². The van der Waals surface area contributed by atoms with Crippen LogP contribution in [0, 0.1) is 17.1 Å². The second-order valence-electron chi connectivity index (χ2n) is 8.99. The normalized spacial score (nSPS) is 18.1. The Hall–Kier alpha value is -2.71. The van der Waals surface area contributed by atoms with E-state index in [9.17, 15) is 9.18 Å². The third-order valence-corrected chi connectivity index (χ3v) is 6.98. The van der Waals surface area contributed by atoms with Crippen LogP contribution in [0.5, 0.6) is 0 Å². The van der Waals surface area contributed by atoms with Crippen molar-refractivity contribution in [3.8, 4) is 6.07 Å². The highest BCUT2D eigenvalue weighted by molar-refractivity contribution is 5.93. The molecular formula is C26H30FN3O. The number of carbonyl (C=O) groups is 1. The Morgan fingerprint density at radius 1 is 1.13 bits per heavy atom. The van der Waals surface area contributed by atoms with Crippen LogP contribution in [0.3, 0.4) is 0 Å². The first-order chi connectivity index (χ1) is 15.0. The van der Waals surface area contributed by atoms with Crippen LogP contribution in [-0.2, 0) is 17.8 Å². The van der Waals surface area contributed by atoms with E-state index in [1.165, 1.54) is 29.7 Å². The molecule has 0 radical (unpaired) electrons. The van der Waals surface area contributed by atoms with Crippen LogP contribution in [0.25, 0.3) is 0 Å². The summed E-state index contributed by atoms with van der Waals surface area (Å²) in [5.74, 6) is -0.252. The number of hydrogen-bond donors (Lipinski definition) is 0. The molecule has 162 valence electrons. The lowest BCUT2D eigenvalue weighted by Gasteiger charge is -2.47. The zero-order valence-corrected chi connectivity index (χ0v) is 18.2. The van der Waals surface area contributed by atoms with E-state index in [1.54, 1.807) is 19.1 Å². The third kappa shape index (κ3) is 4.65. The number of nitriles is 1. The largest absolute Gasteiger partial charge is 0.307 e. The fourth-order valence-corrected chi connectivity index (χ4v) is 5.41. The molecule has 0 spiro atoms. The lowest BCUT2D eigenvalue weighted by molar-refractivity contribution is -0.118. The van der Waals surface area contributed by atoms with Gasteiger partial charge in [0.1, 0.15) is 5.82 Å². The number of nitrogens with zero attached hydrogens (tertiary/aromatic N) is 3. The smallest absolute Gasteiger partial charge is 0.224 e. The summed E-state index contributed by atoms with van der Waals surface area (Å²) in [4.78, 5) is 17.2. The molecule has 1 fully saturated rings. The minimum atomic E-state index is -0.281. The topological polar surface area (TPSA) is 47.3 Å². The SMILES string of the molecule is CC(=O)N(c1ccc(F)cc1)C1(CCN2CCc3cc(C#N)ccc3C2)CCCCC1. The van der Waals surface area contributed by atoms with Crippen LogP contribution in [0.2, 0.25) is 0 Å². The number of rotatable bonds is 5. The number of halogens is 1. The molecule has 4 nitrogen and oxygen atoms in total. The summed E-state index contributed by atoms with van der Waals surface area (Å²) >= 11 is 0. The summed E-state index contributed by atoms with van der Waals surface area (Å²) in [5, 5.41) is 9.14. The maximum Gasteiger partial charge on any atom is 0.224 e. The maximum absolute atomic E-state index is 13.5. The molecule has 1 aliphatic heterocycles. The van der Waals surface area contributed by atoms with Crippen molar-refractivity contribution in [2.45, 2.75) is 64.0 Å². The van der Waals surface area contributed by atoms with Crippen molar-refractivity contribution >= 4 is 11.6 Å². The van der Waals surface area contributed by atoms with Gasteiger partial charge in [0.2, 0.25) is 5.91 Å². The highest BCUT2D eigenvalue weighted by Crippen LogP contribution is 2.40. The predicted molar refractivity (Wildman–Crippen MR) is 120 cm³/mol. The number of hydrogen-bond acceptors (Lipinski definition) is 3. The van der Waals surface area contributed by atoms with Crippen LogP contribution in [0.4, 0.5) is 10.1 Å². The Bertz CT molecular complexity index is 973. The standard InChI is InChI=1S/C26H30FN3O/c1-20(31)30(25-9-7-24(27)8-10-25)26(12-3-2-4-13-26)14-16-29-15-11-22-17-21(18-28)5-6-23(22)19-29/h5-10,17H,2-4,11-16,19H2,1H3. The van der Waals surface area contributed by atoms with Crippen LogP contribution < -0.4 is 4.90 Å². The van der Waals surface area contributed by atoms with E-state index in [0.29, 0.717) is 0 Å². The maximum atomic E-state index is 13.5. The lowest BCUT2D eigenvalue weighted by Crippen LogP contribution is -2.54. The molecule has 2 aromatic rings. The lowest BCUT2D eigenvalue weighted by atomic mass is 9.77. The molecule has 31 heavy (non-hydrogen) atoms. The Morgan fingerprint density at radius 3 is 2.55 bits per heavy atom. The number of fused-ring (bicyclic) bond motifs is 1. The quantitative estimate of drug-likeness (QED) is 0.669. The van der Waals surface area contributed by atoms with Crippen LogP contribution in [0.15, 0.2) is 42.5 Å². The monoisotopic (exact) mass is 419 g/mol. The van der Waals surface area contributed by atoms with Crippen molar-refractivity contribution in [1.29, 1.82) is 5.26 Å². The zero-order chi connectivity index (χ0) is 21.8. The van der Waals surface area contributed by atoms with Crippen molar-refractivity contribution in [1.82, 2.24) is 4.90 Å². The van der Waals surface area contributed by atoms with E-state index in [2.05, 4.69) is 17.0 Å². The Kier molecular flexibility index (Phi) is 6.38. The minimum absolute atomic E-state index is 0.0292. The third-order valence-electron chi connectivity index (χ3n) is 6.98. The molecule has 0 aromatic heterocycles. The second kappa shape index (κ2) is 9.20. The Labute approximate surface area is 184 Å². The fourth-order valence-electron chi connectivity index (χ4n) is 5.41. The number of carbonyl (C=O) groups excluding carboxylic acids is 1. The van der Waals surface area contributed by atoms with Gasteiger partial charge in [-0.2, -0.15) is 5.26 Å². The molecule has 5 heteroatoms. The fraction of sp³-hybridized carbons (Fsp3) is 0.462. The van der Waals surface area contributed by atoms with Gasteiger partial charge in [0.25, 0.3) is 0 Å². The molecule has 1 aliphatic carbocycles. The molecule has 1 saturated carbocycles. The van der Waals surface area contributed by atoms with Gasteiger partial charge in [-0.1, -0.05) is 25.3 Å². The van der Waals surface area contributed by atoms with Gasteiger partial charge in [0, 0.05) is 37.8 Å². The molecule has 0 N–H and O–H groups in total. The average molecular weight is 420 g/mol. The van der Waals surface area contributed by atoms with Gasteiger partial charge >= 0.3 is 0 Å². The van der Waals surface area contributed by atoms with Crippen molar-refractivity contribution < 1.29 is 9.18 Å². The number of amides is 1. The first-order valence-electron chi connectivity index (χ1n) is 11.3. The summed E-state index contributed by atoms with van der Waals surface area (Å²) in [6.07, 6.45) is 7.27. The molecule has 2 aliphatic rings. The van der Waals surface area contributed by atoms with E-state index >= 15 is 0 Å². The van der Waals surface area contributed by atoms with Crippen molar-refractivity contribution in [2.24, 2.45) is 0 Å². The molecule has 0 atom stereocenters. The van der Waals surface area contributed by atoms with E-state index in [0.717, 1.165) is 69.4 Å². The minimum Gasteiger partial charge on any atom is -0.307 e. The summed E-state index contributed by atoms with van der Waals surface area (Å²) in [6.45, 7) is 4.40. The van der Waals surface area contributed by atoms with E-state index in [1.807, 2.05) is 17.0 Å². The molecule has 1 heterocycles. The van der Waals surface area contributed by atoms with Crippen LogP contribution >= 0.6 is 0 Å². The van der Waals surface area contributed by atoms with Gasteiger partial charge in [0.05, 0.1) is 11.6 Å². The second-order valence-corrected chi connectivity index (χ2v) is 8.99. The van der Waals surface area contributed by atoms with E-state index in [4.69, 9.17) is 5.26 Å². The first-order valence-corrected chi connectivity index (χ1v) is 11.3. The first kappa shape index (κ1) is 21.5. The summed E-state index contributed by atoms with van der Waals surface area (Å²) in [6, 6.07) is 14.6. The molecule has 0 saturated heterocycles. The molecule has 4 rings (SSSR count). The molecular weight excluding hydrogens is 389 g/mol. The van der Waals surface area contributed by atoms with Crippen molar-refractivity contribution in [2.75, 3.05) is 18.0 Å². The zero-order valence-electron chi connectivity index (χ0n) is 18.2. The van der Waals surface area contributed by atoms with Crippen LogP contribution in [0.1, 0.15) is 62.1 Å². The summed E-state index contributed by atoms with van der Waals surface area (Å²) < 4.78 is 13.5. The van der Waals surface area contributed by atoms with Gasteiger partial charge in [-0.05, 0) is 73.2 Å². The predicted octanol–water partition coefficient (Wildman–Crippen LogP) is 5.20. The van der Waals surface area contributed by atoms with Gasteiger partial charge in [0.15, 0.2) is 0 Å². The Morgan fingerprint density at radius 2 is 1.87 bits per heavy atom. The molecule has 0 unspecified atom stereocenters. The van der Waals surface area contributed by atoms with Gasteiger partial charge in [-0.3, -0.25) is 9.69 Å². The van der Waals surface area contributed by atoms with Crippen LogP contribution in [-0.4, -0.2) is 29.4 Å². The molecule has 2 aromatic carbocycles. The highest BCUT2D eigenvalue weighted by atomic mass is 19.1. The summed E-state index contributed by atoms with van der Waals surface area (Å²) in [5.41, 5.74) is 3.88. The molecule has 0 bridgehead atoms. The average Bonchev–Trinajstić information content (AvgIpc) is 2.79.